The first kappa shape index (κ1) is 12.6. The minimum Gasteiger partial charge on any atom is -0.478 e. The van der Waals surface area contributed by atoms with Crippen molar-refractivity contribution in [1.82, 2.24) is 9.97 Å². The van der Waals surface area contributed by atoms with Crippen LogP contribution in [0.1, 0.15) is 21.6 Å². The molecule has 2 aromatic rings. The number of nitrogens with zero attached hydrogens (tertiary/aromatic N) is 2. The van der Waals surface area contributed by atoms with Crippen LogP contribution in [0.2, 0.25) is 0 Å². The van der Waals surface area contributed by atoms with Crippen LogP contribution < -0.4 is 0 Å². The molecule has 0 atom stereocenters. The first-order valence-corrected chi connectivity index (χ1v) is 6.60. The molecule has 92 valence electrons. The third-order valence-electron chi connectivity index (χ3n) is 2.47. The smallest absolute Gasteiger partial charge is 0.339 e. The molecule has 0 fully saturated rings. The molecule has 0 radical (unpaired) electrons. The van der Waals surface area contributed by atoms with Crippen molar-refractivity contribution in [3.05, 3.63) is 53.3 Å². The van der Waals surface area contributed by atoms with Gasteiger partial charge in [-0.3, -0.25) is 0 Å². The second-order valence-corrected chi connectivity index (χ2v) is 4.46. The number of benzene rings is 1. The van der Waals surface area contributed by atoms with Gasteiger partial charge in [-0.25, -0.2) is 14.8 Å². The van der Waals surface area contributed by atoms with E-state index in [1.165, 1.54) is 18.0 Å². The van der Waals surface area contributed by atoms with E-state index in [1.807, 2.05) is 36.6 Å². The van der Waals surface area contributed by atoms with Gasteiger partial charge in [-0.1, -0.05) is 42.1 Å². The van der Waals surface area contributed by atoms with Crippen LogP contribution in [0.5, 0.6) is 0 Å². The number of aromatic nitrogens is 2. The molecule has 4 nitrogen and oxygen atoms in total. The van der Waals surface area contributed by atoms with Crippen molar-refractivity contribution in [2.24, 2.45) is 0 Å². The van der Waals surface area contributed by atoms with Crippen LogP contribution in [-0.2, 0) is 6.42 Å². The summed E-state index contributed by atoms with van der Waals surface area (Å²) < 4.78 is 0. The van der Waals surface area contributed by atoms with Crippen molar-refractivity contribution in [1.29, 1.82) is 0 Å². The van der Waals surface area contributed by atoms with Crippen LogP contribution in [0.4, 0.5) is 0 Å². The van der Waals surface area contributed by atoms with Crippen LogP contribution in [0, 0.1) is 0 Å². The third kappa shape index (κ3) is 2.87. The van der Waals surface area contributed by atoms with E-state index in [2.05, 4.69) is 9.97 Å². The van der Waals surface area contributed by atoms with Crippen molar-refractivity contribution >= 4 is 17.7 Å². The average molecular weight is 260 g/mol. The van der Waals surface area contributed by atoms with E-state index in [9.17, 15) is 4.79 Å². The van der Waals surface area contributed by atoms with E-state index in [4.69, 9.17) is 5.11 Å². The number of hydrogen-bond acceptors (Lipinski definition) is 4. The molecule has 0 aliphatic carbocycles. The van der Waals surface area contributed by atoms with Crippen LogP contribution in [-0.4, -0.2) is 27.3 Å². The Morgan fingerprint density at radius 1 is 1.33 bits per heavy atom. The van der Waals surface area contributed by atoms with Crippen LogP contribution in [0.15, 0.2) is 41.7 Å². The molecule has 0 spiro atoms. The molecule has 1 aromatic carbocycles. The first-order valence-electron chi connectivity index (χ1n) is 5.38. The number of carbonyl (C=O) groups is 1. The van der Waals surface area contributed by atoms with Crippen molar-refractivity contribution in [2.45, 2.75) is 11.6 Å². The zero-order valence-corrected chi connectivity index (χ0v) is 10.6. The maximum absolute atomic E-state index is 11.1. The van der Waals surface area contributed by atoms with Gasteiger partial charge in [-0.05, 0) is 11.8 Å². The molecular formula is C13H12N2O2S. The normalized spacial score (nSPS) is 10.3. The van der Waals surface area contributed by atoms with Gasteiger partial charge in [0.1, 0.15) is 0 Å². The SMILES string of the molecule is CSc1ncc(C(=O)O)c(Cc2ccccc2)n1. The maximum atomic E-state index is 11.1. The summed E-state index contributed by atoms with van der Waals surface area (Å²) in [7, 11) is 0. The fraction of sp³-hybridized carbons (Fsp3) is 0.154. The Kier molecular flexibility index (Phi) is 3.94. The first-order chi connectivity index (χ1) is 8.70. The molecule has 0 aliphatic heterocycles. The molecule has 0 aliphatic rings. The Morgan fingerprint density at radius 2 is 2.06 bits per heavy atom. The van der Waals surface area contributed by atoms with Gasteiger partial charge in [0, 0.05) is 12.6 Å². The zero-order chi connectivity index (χ0) is 13.0. The van der Waals surface area contributed by atoms with Crippen molar-refractivity contribution < 1.29 is 9.90 Å². The quantitative estimate of drug-likeness (QED) is 0.676. The summed E-state index contributed by atoms with van der Waals surface area (Å²) in [6.45, 7) is 0. The molecule has 0 bridgehead atoms. The molecule has 1 aromatic heterocycles. The van der Waals surface area contributed by atoms with Crippen molar-refractivity contribution in [3.8, 4) is 0 Å². The summed E-state index contributed by atoms with van der Waals surface area (Å²) in [6.07, 6.45) is 3.74. The molecule has 0 unspecified atom stereocenters. The van der Waals surface area contributed by atoms with Crippen LogP contribution in [0.25, 0.3) is 0 Å². The molecule has 2 rings (SSSR count). The second kappa shape index (κ2) is 5.64. The van der Waals surface area contributed by atoms with E-state index in [0.29, 0.717) is 17.3 Å². The van der Waals surface area contributed by atoms with Gasteiger partial charge in [0.05, 0.1) is 11.3 Å². The van der Waals surface area contributed by atoms with E-state index in [1.54, 1.807) is 0 Å². The molecule has 0 amide bonds. The highest BCUT2D eigenvalue weighted by atomic mass is 32.2. The Labute approximate surface area is 109 Å². The lowest BCUT2D eigenvalue weighted by Crippen LogP contribution is -2.07. The van der Waals surface area contributed by atoms with Gasteiger partial charge < -0.3 is 5.11 Å². The second-order valence-electron chi connectivity index (χ2n) is 3.68. The fourth-order valence-electron chi connectivity index (χ4n) is 1.60. The van der Waals surface area contributed by atoms with Gasteiger partial charge in [-0.2, -0.15) is 0 Å². The van der Waals surface area contributed by atoms with Crippen molar-refractivity contribution in [2.75, 3.05) is 6.26 Å². The van der Waals surface area contributed by atoms with Gasteiger partial charge in [0.15, 0.2) is 5.16 Å². The largest absolute Gasteiger partial charge is 0.478 e. The monoisotopic (exact) mass is 260 g/mol. The lowest BCUT2D eigenvalue weighted by atomic mass is 10.1. The highest BCUT2D eigenvalue weighted by Crippen LogP contribution is 2.15. The topological polar surface area (TPSA) is 63.1 Å². The molecule has 1 heterocycles. The Bertz CT molecular complexity index is 558. The molecular weight excluding hydrogens is 248 g/mol. The molecule has 1 N–H and O–H groups in total. The van der Waals surface area contributed by atoms with Gasteiger partial charge in [-0.15, -0.1) is 0 Å². The number of aromatic carboxylic acids is 1. The summed E-state index contributed by atoms with van der Waals surface area (Å²) in [6, 6.07) is 9.67. The average Bonchev–Trinajstić information content (AvgIpc) is 2.39. The fourth-order valence-corrected chi connectivity index (χ4v) is 1.96. The standard InChI is InChI=1S/C13H12N2O2S/c1-18-13-14-8-10(12(16)17)11(15-13)7-9-5-3-2-4-6-9/h2-6,8H,7H2,1H3,(H,16,17). The minimum absolute atomic E-state index is 0.164. The van der Waals surface area contributed by atoms with Gasteiger partial charge in [0.2, 0.25) is 0 Å². The number of rotatable bonds is 4. The predicted octanol–water partition coefficient (Wildman–Crippen LogP) is 2.49. The lowest BCUT2D eigenvalue weighted by Gasteiger charge is -2.06. The summed E-state index contributed by atoms with van der Waals surface area (Å²) in [4.78, 5) is 19.4. The number of carboxylic acid groups (broad SMARTS) is 1. The number of thioether (sulfide) groups is 1. The summed E-state index contributed by atoms with van der Waals surface area (Å²) in [5.74, 6) is -0.992. The van der Waals surface area contributed by atoms with E-state index in [0.717, 1.165) is 5.56 Å². The Balaban J connectivity index is 2.38. The van der Waals surface area contributed by atoms with Gasteiger partial charge >= 0.3 is 5.97 Å². The van der Waals surface area contributed by atoms with E-state index >= 15 is 0 Å². The molecule has 0 saturated heterocycles. The highest BCUT2D eigenvalue weighted by Gasteiger charge is 2.13. The Morgan fingerprint density at radius 3 is 2.67 bits per heavy atom. The predicted molar refractivity (Wildman–Crippen MR) is 70.0 cm³/mol. The van der Waals surface area contributed by atoms with Crippen LogP contribution >= 0.6 is 11.8 Å². The summed E-state index contributed by atoms with van der Waals surface area (Å²) in [5.41, 5.74) is 1.75. The molecule has 0 saturated carbocycles. The maximum Gasteiger partial charge on any atom is 0.339 e. The molecule has 5 heteroatoms. The van der Waals surface area contributed by atoms with Crippen LogP contribution in [0.3, 0.4) is 0 Å². The van der Waals surface area contributed by atoms with E-state index in [-0.39, 0.29) is 5.56 Å². The summed E-state index contributed by atoms with van der Waals surface area (Å²) >= 11 is 1.40. The van der Waals surface area contributed by atoms with Crippen molar-refractivity contribution in [3.63, 3.8) is 0 Å². The summed E-state index contributed by atoms with van der Waals surface area (Å²) in [5, 5.41) is 9.71. The number of carboxylic acids is 1. The zero-order valence-electron chi connectivity index (χ0n) is 9.83. The number of hydrogen-bond donors (Lipinski definition) is 1. The molecule has 18 heavy (non-hydrogen) atoms. The van der Waals surface area contributed by atoms with Gasteiger partial charge in [0.25, 0.3) is 0 Å². The highest BCUT2D eigenvalue weighted by molar-refractivity contribution is 7.98. The third-order valence-corrected chi connectivity index (χ3v) is 3.03. The Hall–Kier alpha value is -1.88. The van der Waals surface area contributed by atoms with E-state index < -0.39 is 5.97 Å². The lowest BCUT2D eigenvalue weighted by molar-refractivity contribution is 0.0694. The minimum atomic E-state index is -0.992.